The summed E-state index contributed by atoms with van der Waals surface area (Å²) in [5.41, 5.74) is 8.37. The van der Waals surface area contributed by atoms with E-state index in [1.807, 2.05) is 42.0 Å². The predicted molar refractivity (Wildman–Crippen MR) is 103 cm³/mol. The second-order valence-corrected chi connectivity index (χ2v) is 6.59. The predicted octanol–water partition coefficient (Wildman–Crippen LogP) is 3.65. The highest BCUT2D eigenvalue weighted by molar-refractivity contribution is 7.99. The van der Waals surface area contributed by atoms with Crippen LogP contribution in [0.2, 0.25) is 0 Å². The molecule has 0 spiro atoms. The van der Waals surface area contributed by atoms with Gasteiger partial charge < -0.3 is 11.1 Å². The minimum absolute atomic E-state index is 0.0139. The van der Waals surface area contributed by atoms with Gasteiger partial charge in [0.1, 0.15) is 0 Å². The van der Waals surface area contributed by atoms with Crippen molar-refractivity contribution in [1.29, 1.82) is 0 Å². The van der Waals surface area contributed by atoms with Crippen molar-refractivity contribution in [3.8, 4) is 5.69 Å². The number of rotatable bonds is 6. The van der Waals surface area contributed by atoms with Crippen LogP contribution in [0.5, 0.6) is 0 Å². The van der Waals surface area contributed by atoms with Crippen molar-refractivity contribution in [1.82, 2.24) is 9.55 Å². The first-order valence-electron chi connectivity index (χ1n) is 7.96. The maximum atomic E-state index is 12.4. The number of carbonyl (C=O) groups is 2. The van der Waals surface area contributed by atoms with E-state index in [4.69, 9.17) is 5.73 Å². The lowest BCUT2D eigenvalue weighted by Gasteiger charge is -2.10. The Morgan fingerprint density at radius 3 is 2.58 bits per heavy atom. The van der Waals surface area contributed by atoms with Gasteiger partial charge in [-0.3, -0.25) is 9.36 Å². The summed E-state index contributed by atoms with van der Waals surface area (Å²) < 4.78 is 1.98. The van der Waals surface area contributed by atoms with Crippen molar-refractivity contribution < 1.29 is 9.59 Å². The third-order valence-electron chi connectivity index (χ3n) is 3.79. The summed E-state index contributed by atoms with van der Waals surface area (Å²) in [5, 5.41) is 3.23. The lowest BCUT2D eigenvalue weighted by Crippen LogP contribution is -2.19. The third kappa shape index (κ3) is 4.12. The van der Waals surface area contributed by atoms with Gasteiger partial charge in [0, 0.05) is 23.6 Å². The van der Waals surface area contributed by atoms with Crippen LogP contribution in [0.3, 0.4) is 0 Å². The number of hydrogen-bond donors (Lipinski definition) is 2. The SMILES string of the molecule is Cc1ccccc1-n1ccnc1SCC(=O)c1ccc(NC(N)=O)cc1. The fourth-order valence-electron chi connectivity index (χ4n) is 2.51. The number of amides is 2. The zero-order chi connectivity index (χ0) is 18.5. The largest absolute Gasteiger partial charge is 0.351 e. The summed E-state index contributed by atoms with van der Waals surface area (Å²) in [6, 6.07) is 14.0. The van der Waals surface area contributed by atoms with Crippen molar-refractivity contribution >= 4 is 29.3 Å². The summed E-state index contributed by atoms with van der Waals surface area (Å²) in [6.07, 6.45) is 3.61. The molecule has 3 aromatic rings. The fraction of sp³-hybridized carbons (Fsp3) is 0.105. The topological polar surface area (TPSA) is 90.0 Å². The minimum atomic E-state index is -0.636. The number of primary amides is 1. The van der Waals surface area contributed by atoms with Crippen LogP contribution < -0.4 is 11.1 Å². The molecule has 3 N–H and O–H groups in total. The molecular formula is C19H18N4O2S. The molecule has 132 valence electrons. The second-order valence-electron chi connectivity index (χ2n) is 5.64. The molecule has 6 nitrogen and oxygen atoms in total. The Bertz CT molecular complexity index is 935. The Morgan fingerprint density at radius 2 is 1.88 bits per heavy atom. The van der Waals surface area contributed by atoms with Crippen LogP contribution in [0.25, 0.3) is 5.69 Å². The molecule has 0 unspecified atom stereocenters. The summed E-state index contributed by atoms with van der Waals surface area (Å²) >= 11 is 1.39. The molecular weight excluding hydrogens is 348 g/mol. The Hall–Kier alpha value is -3.06. The number of anilines is 1. The normalized spacial score (nSPS) is 10.5. The Labute approximate surface area is 155 Å². The van der Waals surface area contributed by atoms with E-state index in [1.165, 1.54) is 11.8 Å². The molecule has 26 heavy (non-hydrogen) atoms. The minimum Gasteiger partial charge on any atom is -0.351 e. The number of imidazole rings is 1. The van der Waals surface area contributed by atoms with E-state index in [9.17, 15) is 9.59 Å². The molecule has 7 heteroatoms. The average Bonchev–Trinajstić information content (AvgIpc) is 3.08. The van der Waals surface area contributed by atoms with Gasteiger partial charge >= 0.3 is 6.03 Å². The van der Waals surface area contributed by atoms with Crippen molar-refractivity contribution in [3.63, 3.8) is 0 Å². The molecule has 0 aliphatic carbocycles. The highest BCUT2D eigenvalue weighted by atomic mass is 32.2. The van der Waals surface area contributed by atoms with Crippen molar-refractivity contribution in [2.24, 2.45) is 5.73 Å². The fourth-order valence-corrected chi connectivity index (χ4v) is 3.37. The number of carbonyl (C=O) groups excluding carboxylic acids is 2. The maximum absolute atomic E-state index is 12.4. The van der Waals surface area contributed by atoms with Crippen LogP contribution in [-0.4, -0.2) is 27.1 Å². The van der Waals surface area contributed by atoms with E-state index in [0.29, 0.717) is 11.3 Å². The number of hydrogen-bond acceptors (Lipinski definition) is 4. The van der Waals surface area contributed by atoms with Crippen LogP contribution in [0.4, 0.5) is 10.5 Å². The first-order valence-corrected chi connectivity index (χ1v) is 8.95. The summed E-state index contributed by atoms with van der Waals surface area (Å²) in [4.78, 5) is 27.6. The highest BCUT2D eigenvalue weighted by Crippen LogP contribution is 2.23. The van der Waals surface area contributed by atoms with Crippen molar-refractivity contribution in [3.05, 3.63) is 72.1 Å². The second kappa shape index (κ2) is 7.88. The lowest BCUT2D eigenvalue weighted by atomic mass is 10.1. The number of Topliss-reactive ketones (excluding diaryl/α,β-unsaturated/α-hetero) is 1. The number of thioether (sulfide) groups is 1. The zero-order valence-electron chi connectivity index (χ0n) is 14.2. The third-order valence-corrected chi connectivity index (χ3v) is 4.76. The lowest BCUT2D eigenvalue weighted by molar-refractivity contribution is 0.102. The van der Waals surface area contributed by atoms with E-state index >= 15 is 0 Å². The van der Waals surface area contributed by atoms with Gasteiger partial charge in [-0.05, 0) is 42.8 Å². The number of nitrogens with zero attached hydrogens (tertiary/aromatic N) is 2. The number of nitrogens with two attached hydrogens (primary N) is 1. The quantitative estimate of drug-likeness (QED) is 0.515. The molecule has 0 saturated heterocycles. The Balaban J connectivity index is 1.68. The smallest absolute Gasteiger partial charge is 0.316 e. The maximum Gasteiger partial charge on any atom is 0.316 e. The number of nitrogens with one attached hydrogen (secondary N) is 1. The first kappa shape index (κ1) is 17.8. The molecule has 0 radical (unpaired) electrons. The molecule has 3 rings (SSSR count). The van der Waals surface area contributed by atoms with Gasteiger partial charge in [-0.25, -0.2) is 9.78 Å². The van der Waals surface area contributed by atoms with Crippen LogP contribution >= 0.6 is 11.8 Å². The van der Waals surface area contributed by atoms with Crippen LogP contribution in [0, 0.1) is 6.92 Å². The first-order chi connectivity index (χ1) is 12.5. The zero-order valence-corrected chi connectivity index (χ0v) is 15.0. The van der Waals surface area contributed by atoms with Crippen LogP contribution in [0.1, 0.15) is 15.9 Å². The molecule has 2 amide bonds. The molecule has 1 aromatic heterocycles. The van der Waals surface area contributed by atoms with Gasteiger partial charge in [-0.15, -0.1) is 0 Å². The van der Waals surface area contributed by atoms with Gasteiger partial charge in [0.15, 0.2) is 10.9 Å². The molecule has 1 heterocycles. The van der Waals surface area contributed by atoms with E-state index < -0.39 is 6.03 Å². The van der Waals surface area contributed by atoms with Crippen LogP contribution in [-0.2, 0) is 0 Å². The Kier molecular flexibility index (Phi) is 5.38. The number of para-hydroxylation sites is 1. The van der Waals surface area contributed by atoms with Crippen molar-refractivity contribution in [2.75, 3.05) is 11.1 Å². The summed E-state index contributed by atoms with van der Waals surface area (Å²) in [7, 11) is 0. The molecule has 0 atom stereocenters. The van der Waals surface area contributed by atoms with Gasteiger partial charge in [0.05, 0.1) is 11.4 Å². The highest BCUT2D eigenvalue weighted by Gasteiger charge is 2.12. The summed E-state index contributed by atoms with van der Waals surface area (Å²) in [5.74, 6) is 0.255. The number of aromatic nitrogens is 2. The number of ketones is 1. The van der Waals surface area contributed by atoms with Gasteiger partial charge in [0.2, 0.25) is 0 Å². The van der Waals surface area contributed by atoms with E-state index in [0.717, 1.165) is 16.4 Å². The molecule has 0 fully saturated rings. The van der Waals surface area contributed by atoms with E-state index in [2.05, 4.69) is 10.3 Å². The number of urea groups is 1. The summed E-state index contributed by atoms with van der Waals surface area (Å²) in [6.45, 7) is 2.04. The molecule has 0 aliphatic rings. The van der Waals surface area contributed by atoms with Crippen LogP contribution in [0.15, 0.2) is 66.1 Å². The number of aryl methyl sites for hydroxylation is 1. The Morgan fingerprint density at radius 1 is 1.15 bits per heavy atom. The standard InChI is InChI=1S/C19H18N4O2S/c1-13-4-2-3-5-16(13)23-11-10-21-19(23)26-12-17(24)14-6-8-15(9-7-14)22-18(20)25/h2-11H,12H2,1H3,(H3,20,22,25). The average molecular weight is 366 g/mol. The van der Waals surface area contributed by atoms with E-state index in [1.54, 1.807) is 30.5 Å². The number of benzene rings is 2. The van der Waals surface area contributed by atoms with Gasteiger partial charge in [-0.1, -0.05) is 30.0 Å². The molecule has 0 saturated carbocycles. The monoisotopic (exact) mass is 366 g/mol. The molecule has 0 bridgehead atoms. The van der Waals surface area contributed by atoms with E-state index in [-0.39, 0.29) is 11.5 Å². The molecule has 0 aliphatic heterocycles. The van der Waals surface area contributed by atoms with Crippen molar-refractivity contribution in [2.45, 2.75) is 12.1 Å². The van der Waals surface area contributed by atoms with Gasteiger partial charge in [-0.2, -0.15) is 0 Å². The molecule has 2 aromatic carbocycles. The van der Waals surface area contributed by atoms with Gasteiger partial charge in [0.25, 0.3) is 0 Å².